The van der Waals surface area contributed by atoms with Gasteiger partial charge in [-0.1, -0.05) is 135 Å². The summed E-state index contributed by atoms with van der Waals surface area (Å²) in [4.78, 5) is 0. The standard InChI is InChI=1S/C42H43NO/c1-40(2,3)26-24-31-37-30(22-23-32(41(4,5)6)39(37)44-38(31)33(25-26)42(7,8)9)29-18-12-15-21-36(29)43-34-19-13-10-16-27(34)28-17-11-14-20-35(28)43/h10-25H,1-9H3. The van der Waals surface area contributed by atoms with Crippen molar-refractivity contribution < 1.29 is 4.42 Å². The highest BCUT2D eigenvalue weighted by molar-refractivity contribution is 6.16. The Morgan fingerprint density at radius 1 is 0.477 bits per heavy atom. The third-order valence-corrected chi connectivity index (χ3v) is 9.22. The van der Waals surface area contributed by atoms with Crippen LogP contribution in [0.25, 0.3) is 60.6 Å². The summed E-state index contributed by atoms with van der Waals surface area (Å²) in [6.07, 6.45) is 0. The van der Waals surface area contributed by atoms with Gasteiger partial charge in [0.25, 0.3) is 0 Å². The molecule has 0 bridgehead atoms. The van der Waals surface area contributed by atoms with Crippen LogP contribution >= 0.6 is 0 Å². The van der Waals surface area contributed by atoms with Crippen molar-refractivity contribution in [1.82, 2.24) is 4.57 Å². The smallest absolute Gasteiger partial charge is 0.139 e. The van der Waals surface area contributed by atoms with Gasteiger partial charge in [0.2, 0.25) is 0 Å². The van der Waals surface area contributed by atoms with Crippen molar-refractivity contribution in [3.63, 3.8) is 0 Å². The zero-order valence-corrected chi connectivity index (χ0v) is 27.6. The van der Waals surface area contributed by atoms with Gasteiger partial charge in [-0.15, -0.1) is 0 Å². The van der Waals surface area contributed by atoms with E-state index < -0.39 is 0 Å². The third kappa shape index (κ3) is 4.38. The zero-order valence-electron chi connectivity index (χ0n) is 27.6. The lowest BCUT2D eigenvalue weighted by Crippen LogP contribution is -2.16. The van der Waals surface area contributed by atoms with Crippen LogP contribution in [0.3, 0.4) is 0 Å². The van der Waals surface area contributed by atoms with E-state index in [4.69, 9.17) is 4.42 Å². The normalized spacial score (nSPS) is 13.1. The fraction of sp³-hybridized carbons (Fsp3) is 0.286. The molecule has 0 amide bonds. The molecule has 0 radical (unpaired) electrons. The lowest BCUT2D eigenvalue weighted by molar-refractivity contribution is 0.550. The van der Waals surface area contributed by atoms with E-state index in [0.29, 0.717) is 0 Å². The minimum absolute atomic E-state index is 0.000459. The van der Waals surface area contributed by atoms with Gasteiger partial charge in [0.1, 0.15) is 11.2 Å². The van der Waals surface area contributed by atoms with Crippen molar-refractivity contribution >= 4 is 43.7 Å². The second-order valence-electron chi connectivity index (χ2n) is 15.5. The highest BCUT2D eigenvalue weighted by Gasteiger charge is 2.29. The van der Waals surface area contributed by atoms with Gasteiger partial charge >= 0.3 is 0 Å². The predicted molar refractivity (Wildman–Crippen MR) is 190 cm³/mol. The Kier molecular flexibility index (Phi) is 6.21. The minimum Gasteiger partial charge on any atom is -0.455 e. The maximum absolute atomic E-state index is 7.06. The second-order valence-corrected chi connectivity index (χ2v) is 15.5. The predicted octanol–water partition coefficient (Wildman–Crippen LogP) is 12.2. The average molecular weight is 578 g/mol. The Morgan fingerprint density at radius 3 is 1.64 bits per heavy atom. The maximum Gasteiger partial charge on any atom is 0.139 e. The molecule has 0 aliphatic carbocycles. The van der Waals surface area contributed by atoms with E-state index >= 15 is 0 Å². The first-order chi connectivity index (χ1) is 20.7. The number of para-hydroxylation sites is 3. The van der Waals surface area contributed by atoms with Crippen LogP contribution in [0.5, 0.6) is 0 Å². The Bertz CT molecular complexity index is 2160. The molecule has 0 aliphatic rings. The van der Waals surface area contributed by atoms with Crippen LogP contribution in [0.1, 0.15) is 79.0 Å². The van der Waals surface area contributed by atoms with E-state index in [2.05, 4.69) is 164 Å². The van der Waals surface area contributed by atoms with Gasteiger partial charge in [0.15, 0.2) is 0 Å². The first-order valence-electron chi connectivity index (χ1n) is 15.9. The SMILES string of the molecule is CC(C)(C)c1cc(C(C)(C)C)c2oc3c(C(C)(C)C)ccc(-c4ccccc4-n4c5ccccc5c5ccccc54)c3c2c1. The molecule has 44 heavy (non-hydrogen) atoms. The topological polar surface area (TPSA) is 18.1 Å². The van der Waals surface area contributed by atoms with Gasteiger partial charge in [0, 0.05) is 38.2 Å². The summed E-state index contributed by atoms with van der Waals surface area (Å²) in [7, 11) is 0. The van der Waals surface area contributed by atoms with Crippen LogP contribution in [0.15, 0.2) is 101 Å². The largest absolute Gasteiger partial charge is 0.455 e. The molecule has 222 valence electrons. The molecule has 0 saturated heterocycles. The second kappa shape index (κ2) is 9.60. The number of fused-ring (bicyclic) bond motifs is 6. The molecule has 0 aliphatic heterocycles. The highest BCUT2D eigenvalue weighted by Crippen LogP contribution is 2.47. The molecule has 2 heterocycles. The Labute approximate surface area is 261 Å². The van der Waals surface area contributed by atoms with Crippen molar-refractivity contribution in [2.24, 2.45) is 0 Å². The Balaban J connectivity index is 1.65. The van der Waals surface area contributed by atoms with E-state index in [1.165, 1.54) is 66.1 Å². The van der Waals surface area contributed by atoms with Crippen molar-refractivity contribution in [2.75, 3.05) is 0 Å². The molecule has 0 fully saturated rings. The summed E-state index contributed by atoms with van der Waals surface area (Å²) < 4.78 is 9.50. The number of hydrogen-bond donors (Lipinski definition) is 0. The molecule has 7 aromatic rings. The summed E-state index contributed by atoms with van der Waals surface area (Å²) >= 11 is 0. The number of benzene rings is 5. The van der Waals surface area contributed by atoms with Crippen LogP contribution in [-0.4, -0.2) is 4.57 Å². The molecular weight excluding hydrogens is 534 g/mol. The first-order valence-corrected chi connectivity index (χ1v) is 15.9. The van der Waals surface area contributed by atoms with Gasteiger partial charge in [-0.2, -0.15) is 0 Å². The van der Waals surface area contributed by atoms with E-state index in [1.54, 1.807) is 0 Å². The summed E-state index contributed by atoms with van der Waals surface area (Å²) in [5, 5.41) is 4.95. The van der Waals surface area contributed by atoms with Gasteiger partial charge in [-0.3, -0.25) is 0 Å². The zero-order chi connectivity index (χ0) is 31.2. The van der Waals surface area contributed by atoms with Crippen LogP contribution in [0.2, 0.25) is 0 Å². The summed E-state index contributed by atoms with van der Waals surface area (Å²) in [6.45, 7) is 20.7. The average Bonchev–Trinajstić information content (AvgIpc) is 3.51. The van der Waals surface area contributed by atoms with Crippen LogP contribution in [0.4, 0.5) is 0 Å². The minimum atomic E-state index is -0.0776. The monoisotopic (exact) mass is 577 g/mol. The van der Waals surface area contributed by atoms with Crippen molar-refractivity contribution in [2.45, 2.75) is 78.6 Å². The van der Waals surface area contributed by atoms with Crippen LogP contribution < -0.4 is 0 Å². The van der Waals surface area contributed by atoms with Gasteiger partial charge < -0.3 is 8.98 Å². The summed E-state index contributed by atoms with van der Waals surface area (Å²) in [6, 6.07) is 35.8. The van der Waals surface area contributed by atoms with Gasteiger partial charge in [0.05, 0.1) is 16.7 Å². The molecule has 2 aromatic heterocycles. The Hall–Kier alpha value is -4.30. The molecule has 0 spiro atoms. The lowest BCUT2D eigenvalue weighted by Gasteiger charge is -2.25. The van der Waals surface area contributed by atoms with Crippen molar-refractivity contribution in [3.05, 3.63) is 114 Å². The molecule has 0 atom stereocenters. The van der Waals surface area contributed by atoms with Crippen LogP contribution in [0, 0.1) is 0 Å². The quantitative estimate of drug-likeness (QED) is 0.200. The number of nitrogens with zero attached hydrogens (tertiary/aromatic N) is 1. The number of furan rings is 1. The Morgan fingerprint density at radius 2 is 1.05 bits per heavy atom. The van der Waals surface area contributed by atoms with Gasteiger partial charge in [-0.25, -0.2) is 0 Å². The molecule has 0 N–H and O–H groups in total. The molecule has 2 heteroatoms. The van der Waals surface area contributed by atoms with E-state index in [1.807, 2.05) is 0 Å². The van der Waals surface area contributed by atoms with Crippen LogP contribution in [-0.2, 0) is 16.2 Å². The number of aromatic nitrogens is 1. The first kappa shape index (κ1) is 28.5. The van der Waals surface area contributed by atoms with Crippen molar-refractivity contribution in [1.29, 1.82) is 0 Å². The highest BCUT2D eigenvalue weighted by atomic mass is 16.3. The fourth-order valence-corrected chi connectivity index (χ4v) is 6.87. The summed E-state index contributed by atoms with van der Waals surface area (Å²) in [5.74, 6) is 0. The van der Waals surface area contributed by atoms with Crippen molar-refractivity contribution in [3.8, 4) is 16.8 Å². The molecule has 5 aromatic carbocycles. The molecule has 0 saturated carbocycles. The summed E-state index contributed by atoms with van der Waals surface area (Å²) in [5.41, 5.74) is 11.7. The molecule has 0 unspecified atom stereocenters. The maximum atomic E-state index is 7.06. The number of hydrogen-bond acceptors (Lipinski definition) is 1. The van der Waals surface area contributed by atoms with E-state index in [0.717, 1.165) is 11.2 Å². The van der Waals surface area contributed by atoms with Gasteiger partial charge in [-0.05, 0) is 51.6 Å². The fourth-order valence-electron chi connectivity index (χ4n) is 6.87. The van der Waals surface area contributed by atoms with E-state index in [-0.39, 0.29) is 16.2 Å². The lowest BCUT2D eigenvalue weighted by atomic mass is 9.79. The van der Waals surface area contributed by atoms with E-state index in [9.17, 15) is 0 Å². The molecule has 7 rings (SSSR count). The number of rotatable bonds is 2. The molecular formula is C42H43NO. The molecule has 2 nitrogen and oxygen atoms in total. The third-order valence-electron chi connectivity index (χ3n) is 9.22.